The molecule has 0 amide bonds. The van der Waals surface area contributed by atoms with Crippen LogP contribution >= 0.6 is 11.3 Å². The molecule has 1 saturated carbocycles. The van der Waals surface area contributed by atoms with Gasteiger partial charge in [-0.3, -0.25) is 0 Å². The van der Waals surface area contributed by atoms with Crippen LogP contribution in [0.15, 0.2) is 11.4 Å². The van der Waals surface area contributed by atoms with Crippen molar-refractivity contribution in [2.75, 3.05) is 18.5 Å². The van der Waals surface area contributed by atoms with Gasteiger partial charge in [-0.15, -0.1) is 11.3 Å². The molecule has 5 heteroatoms. The lowest BCUT2D eigenvalue weighted by Crippen LogP contribution is -2.12. The Morgan fingerprint density at radius 2 is 2.26 bits per heavy atom. The van der Waals surface area contributed by atoms with E-state index < -0.39 is 0 Å². The van der Waals surface area contributed by atoms with Crippen molar-refractivity contribution in [2.24, 2.45) is 5.92 Å². The van der Waals surface area contributed by atoms with E-state index in [-0.39, 0.29) is 6.10 Å². The summed E-state index contributed by atoms with van der Waals surface area (Å²) in [5, 5.41) is 6.51. The summed E-state index contributed by atoms with van der Waals surface area (Å²) < 4.78 is 5.86. The molecule has 2 aromatic rings. The fraction of sp³-hybridized carbons (Fsp3) is 0.571. The Morgan fingerprint density at radius 1 is 1.42 bits per heavy atom. The molecule has 1 aliphatic carbocycles. The second-order valence-electron chi connectivity index (χ2n) is 4.81. The summed E-state index contributed by atoms with van der Waals surface area (Å²) in [5.41, 5.74) is 0. The van der Waals surface area contributed by atoms with Crippen LogP contribution < -0.4 is 5.32 Å². The molecule has 0 radical (unpaired) electrons. The summed E-state index contributed by atoms with van der Waals surface area (Å²) >= 11 is 1.66. The molecule has 1 N–H and O–H groups in total. The highest BCUT2D eigenvalue weighted by atomic mass is 32.1. The predicted molar refractivity (Wildman–Crippen MR) is 78.7 cm³/mol. The number of ether oxygens (including phenoxy) is 1. The average Bonchev–Trinajstić information content (AvgIpc) is 3.13. The molecule has 19 heavy (non-hydrogen) atoms. The molecule has 2 heterocycles. The Balaban J connectivity index is 2.01. The molecule has 1 fully saturated rings. The lowest BCUT2D eigenvalue weighted by molar-refractivity contribution is 0.0404. The first-order chi connectivity index (χ1) is 9.33. The van der Waals surface area contributed by atoms with E-state index in [0.29, 0.717) is 12.5 Å². The highest BCUT2D eigenvalue weighted by molar-refractivity contribution is 7.16. The number of anilines is 1. The first-order valence-corrected chi connectivity index (χ1v) is 7.82. The molecule has 0 aromatic carbocycles. The molecule has 1 atom stereocenters. The third-order valence-corrected chi connectivity index (χ3v) is 4.14. The first-order valence-electron chi connectivity index (χ1n) is 6.94. The number of aromatic nitrogens is 2. The van der Waals surface area contributed by atoms with E-state index in [4.69, 9.17) is 14.7 Å². The van der Waals surface area contributed by atoms with Gasteiger partial charge in [0.1, 0.15) is 16.8 Å². The summed E-state index contributed by atoms with van der Waals surface area (Å²) in [4.78, 5) is 10.5. The van der Waals surface area contributed by atoms with Crippen LogP contribution in [0.2, 0.25) is 0 Å². The third kappa shape index (κ3) is 2.58. The molecule has 3 rings (SSSR count). The Hall–Kier alpha value is -1.20. The minimum atomic E-state index is 0.0638. The molecule has 0 spiro atoms. The number of hydrogen-bond donors (Lipinski definition) is 1. The maximum absolute atomic E-state index is 5.86. The number of rotatable bonds is 6. The van der Waals surface area contributed by atoms with Crippen molar-refractivity contribution in [1.29, 1.82) is 0 Å². The molecular weight excluding hydrogens is 258 g/mol. The highest BCUT2D eigenvalue weighted by Crippen LogP contribution is 2.43. The summed E-state index contributed by atoms with van der Waals surface area (Å²) in [6, 6.07) is 2.08. The second kappa shape index (κ2) is 5.43. The Bertz CT molecular complexity index is 565. The number of fused-ring (bicyclic) bond motifs is 1. The van der Waals surface area contributed by atoms with Crippen LogP contribution in [-0.2, 0) is 4.74 Å². The van der Waals surface area contributed by atoms with Gasteiger partial charge in [0.05, 0.1) is 5.39 Å². The van der Waals surface area contributed by atoms with Gasteiger partial charge >= 0.3 is 0 Å². The number of hydrogen-bond acceptors (Lipinski definition) is 5. The number of thiophene rings is 1. The summed E-state index contributed by atoms with van der Waals surface area (Å²) in [6.45, 7) is 5.69. The highest BCUT2D eigenvalue weighted by Gasteiger charge is 2.35. The van der Waals surface area contributed by atoms with Gasteiger partial charge in [0.25, 0.3) is 0 Å². The minimum absolute atomic E-state index is 0.0638. The van der Waals surface area contributed by atoms with Crippen LogP contribution in [0.5, 0.6) is 0 Å². The summed E-state index contributed by atoms with van der Waals surface area (Å²) in [5.74, 6) is 2.39. The van der Waals surface area contributed by atoms with Crippen LogP contribution in [0.3, 0.4) is 0 Å². The SMILES string of the molecule is CCNc1nc(C(OCC)C2CC2)nc2sccc12. The largest absolute Gasteiger partial charge is 0.370 e. The van der Waals surface area contributed by atoms with E-state index in [2.05, 4.69) is 23.7 Å². The van der Waals surface area contributed by atoms with Crippen LogP contribution in [0.1, 0.15) is 38.6 Å². The zero-order valence-electron chi connectivity index (χ0n) is 11.3. The van der Waals surface area contributed by atoms with E-state index in [1.54, 1.807) is 11.3 Å². The fourth-order valence-electron chi connectivity index (χ4n) is 2.30. The van der Waals surface area contributed by atoms with Gasteiger partial charge < -0.3 is 10.1 Å². The lowest BCUT2D eigenvalue weighted by atomic mass is 10.2. The van der Waals surface area contributed by atoms with Gasteiger partial charge in [-0.05, 0) is 44.1 Å². The van der Waals surface area contributed by atoms with Crippen molar-refractivity contribution in [2.45, 2.75) is 32.8 Å². The zero-order valence-corrected chi connectivity index (χ0v) is 12.2. The maximum Gasteiger partial charge on any atom is 0.161 e. The molecule has 102 valence electrons. The van der Waals surface area contributed by atoms with Gasteiger partial charge in [-0.1, -0.05) is 0 Å². The molecular formula is C14H19N3OS. The molecule has 0 aliphatic heterocycles. The smallest absolute Gasteiger partial charge is 0.161 e. The maximum atomic E-state index is 5.86. The standard InChI is InChI=1S/C14H19N3OS/c1-3-15-12-10-7-8-19-14(10)17-13(16-12)11(18-4-2)9-5-6-9/h7-9,11H,3-6H2,1-2H3,(H,15,16,17). The van der Waals surface area contributed by atoms with Crippen LogP contribution in [0, 0.1) is 5.92 Å². The van der Waals surface area contributed by atoms with Gasteiger partial charge in [-0.25, -0.2) is 9.97 Å². The van der Waals surface area contributed by atoms with Gasteiger partial charge in [-0.2, -0.15) is 0 Å². The van der Waals surface area contributed by atoms with Crippen molar-refractivity contribution >= 4 is 27.4 Å². The molecule has 0 saturated heterocycles. The lowest BCUT2D eigenvalue weighted by Gasteiger charge is -2.16. The average molecular weight is 277 g/mol. The fourth-order valence-corrected chi connectivity index (χ4v) is 3.07. The topological polar surface area (TPSA) is 47.0 Å². The van der Waals surface area contributed by atoms with Gasteiger partial charge in [0.15, 0.2) is 5.82 Å². The Kier molecular flexibility index (Phi) is 3.66. The quantitative estimate of drug-likeness (QED) is 0.876. The van der Waals surface area contributed by atoms with Gasteiger partial charge in [0, 0.05) is 13.2 Å². The second-order valence-corrected chi connectivity index (χ2v) is 5.71. The van der Waals surface area contributed by atoms with Crippen molar-refractivity contribution in [3.63, 3.8) is 0 Å². The third-order valence-electron chi connectivity index (χ3n) is 3.34. The van der Waals surface area contributed by atoms with Gasteiger partial charge in [0.2, 0.25) is 0 Å². The molecule has 4 nitrogen and oxygen atoms in total. The minimum Gasteiger partial charge on any atom is -0.370 e. The Morgan fingerprint density at radius 3 is 2.95 bits per heavy atom. The molecule has 1 aliphatic rings. The molecule has 1 unspecified atom stereocenters. The Labute approximate surface area is 117 Å². The summed E-state index contributed by atoms with van der Waals surface area (Å²) in [7, 11) is 0. The summed E-state index contributed by atoms with van der Waals surface area (Å²) in [6.07, 6.45) is 2.52. The number of nitrogens with zero attached hydrogens (tertiary/aromatic N) is 2. The van der Waals surface area contributed by atoms with Crippen molar-refractivity contribution in [3.8, 4) is 0 Å². The normalized spacial score (nSPS) is 16.7. The van der Waals surface area contributed by atoms with Crippen molar-refractivity contribution in [1.82, 2.24) is 9.97 Å². The van der Waals surface area contributed by atoms with Crippen LogP contribution in [0.4, 0.5) is 5.82 Å². The molecule has 2 aromatic heterocycles. The van der Waals surface area contributed by atoms with Crippen LogP contribution in [-0.4, -0.2) is 23.1 Å². The predicted octanol–water partition coefficient (Wildman–Crippen LogP) is 3.61. The van der Waals surface area contributed by atoms with E-state index in [0.717, 1.165) is 28.4 Å². The van der Waals surface area contributed by atoms with E-state index in [1.165, 1.54) is 12.8 Å². The van der Waals surface area contributed by atoms with E-state index in [1.807, 2.05) is 6.92 Å². The van der Waals surface area contributed by atoms with Crippen LogP contribution in [0.25, 0.3) is 10.2 Å². The van der Waals surface area contributed by atoms with Crippen molar-refractivity contribution < 1.29 is 4.74 Å². The number of nitrogens with one attached hydrogen (secondary N) is 1. The van der Waals surface area contributed by atoms with E-state index >= 15 is 0 Å². The zero-order chi connectivity index (χ0) is 13.2. The first kappa shape index (κ1) is 12.8. The van der Waals surface area contributed by atoms with E-state index in [9.17, 15) is 0 Å². The molecule has 0 bridgehead atoms. The monoisotopic (exact) mass is 277 g/mol. The van der Waals surface area contributed by atoms with Crippen molar-refractivity contribution in [3.05, 3.63) is 17.3 Å².